The first-order valence-corrected chi connectivity index (χ1v) is 6.09. The van der Waals surface area contributed by atoms with Crippen LogP contribution in [0, 0.1) is 11.8 Å². The fourth-order valence-electron chi connectivity index (χ4n) is 3.02. The highest BCUT2D eigenvalue weighted by atomic mass is 15.2. The molecule has 2 fully saturated rings. The molecule has 2 atom stereocenters. The molecule has 0 radical (unpaired) electrons. The summed E-state index contributed by atoms with van der Waals surface area (Å²) >= 11 is 0. The van der Waals surface area contributed by atoms with Crippen LogP contribution in [0.15, 0.2) is 0 Å². The van der Waals surface area contributed by atoms with Gasteiger partial charge in [0.1, 0.15) is 0 Å². The molecule has 0 aliphatic carbocycles. The zero-order valence-corrected chi connectivity index (χ0v) is 9.87. The van der Waals surface area contributed by atoms with Crippen LogP contribution < -0.4 is 0 Å². The Labute approximate surface area is 88.3 Å². The van der Waals surface area contributed by atoms with Gasteiger partial charge >= 0.3 is 0 Å². The summed E-state index contributed by atoms with van der Waals surface area (Å²) in [6, 6.07) is 0.746. The zero-order valence-electron chi connectivity index (χ0n) is 9.87. The van der Waals surface area contributed by atoms with Gasteiger partial charge in [-0.3, -0.25) is 0 Å². The molecular formula is C12H24N2. The number of nitrogens with zero attached hydrogens (tertiary/aromatic N) is 2. The fourth-order valence-corrected chi connectivity index (χ4v) is 3.02. The van der Waals surface area contributed by atoms with Gasteiger partial charge in [-0.25, -0.2) is 0 Å². The van der Waals surface area contributed by atoms with Crippen molar-refractivity contribution in [1.29, 1.82) is 0 Å². The maximum atomic E-state index is 2.66. The van der Waals surface area contributed by atoms with E-state index in [1.165, 1.54) is 39.0 Å². The average Bonchev–Trinajstić information content (AvgIpc) is 2.16. The number of likely N-dealkylation sites (tertiary alicyclic amines) is 2. The molecule has 14 heavy (non-hydrogen) atoms. The Balaban J connectivity index is 1.91. The number of hydrogen-bond donors (Lipinski definition) is 0. The molecule has 2 nitrogen and oxygen atoms in total. The quantitative estimate of drug-likeness (QED) is 0.629. The van der Waals surface area contributed by atoms with Gasteiger partial charge in [-0.05, 0) is 58.7 Å². The van der Waals surface area contributed by atoms with Gasteiger partial charge in [-0.15, -0.1) is 0 Å². The van der Waals surface area contributed by atoms with Gasteiger partial charge in [0.05, 0.1) is 0 Å². The maximum absolute atomic E-state index is 2.66. The van der Waals surface area contributed by atoms with Crippen molar-refractivity contribution in [2.45, 2.75) is 32.7 Å². The van der Waals surface area contributed by atoms with Crippen LogP contribution >= 0.6 is 0 Å². The van der Waals surface area contributed by atoms with Gasteiger partial charge in [0.25, 0.3) is 0 Å². The summed E-state index contributed by atoms with van der Waals surface area (Å²) in [5.41, 5.74) is 0. The van der Waals surface area contributed by atoms with Crippen LogP contribution in [-0.2, 0) is 0 Å². The molecule has 0 aromatic heterocycles. The molecule has 0 aromatic carbocycles. The van der Waals surface area contributed by atoms with Crippen LogP contribution in [0.25, 0.3) is 0 Å². The standard InChI is InChI=1S/C12H24N2/c1-10(2)14-7-5-11-8-13(3)6-4-12(11)9-14/h10-12H,4-9H2,1-3H3. The maximum Gasteiger partial charge on any atom is 0.00387 e. The van der Waals surface area contributed by atoms with Crippen LogP contribution in [0.1, 0.15) is 26.7 Å². The Bertz CT molecular complexity index is 191. The second-order valence-electron chi connectivity index (χ2n) is 5.45. The molecule has 0 amide bonds. The molecule has 2 aliphatic rings. The van der Waals surface area contributed by atoms with E-state index in [9.17, 15) is 0 Å². The molecule has 2 saturated heterocycles. The third-order valence-corrected chi connectivity index (χ3v) is 4.08. The first kappa shape index (κ1) is 10.4. The lowest BCUT2D eigenvalue weighted by atomic mass is 9.80. The molecule has 0 N–H and O–H groups in total. The Hall–Kier alpha value is -0.0800. The van der Waals surface area contributed by atoms with E-state index >= 15 is 0 Å². The first-order valence-electron chi connectivity index (χ1n) is 6.09. The SMILES string of the molecule is CC(C)N1CCC2CN(C)CCC2C1. The lowest BCUT2D eigenvalue weighted by Crippen LogP contribution is -2.50. The van der Waals surface area contributed by atoms with Crippen LogP contribution in [-0.4, -0.2) is 49.1 Å². The second-order valence-corrected chi connectivity index (χ2v) is 5.45. The lowest BCUT2D eigenvalue weighted by Gasteiger charge is -2.45. The number of rotatable bonds is 1. The van der Waals surface area contributed by atoms with E-state index < -0.39 is 0 Å². The molecule has 2 heteroatoms. The minimum Gasteiger partial charge on any atom is -0.306 e. The Morgan fingerprint density at radius 3 is 2.36 bits per heavy atom. The van der Waals surface area contributed by atoms with Gasteiger partial charge in [0.15, 0.2) is 0 Å². The second kappa shape index (κ2) is 4.19. The summed E-state index contributed by atoms with van der Waals surface area (Å²) in [5.74, 6) is 1.98. The largest absolute Gasteiger partial charge is 0.306 e. The zero-order chi connectivity index (χ0) is 10.1. The average molecular weight is 196 g/mol. The smallest absolute Gasteiger partial charge is 0.00387 e. The van der Waals surface area contributed by atoms with E-state index in [4.69, 9.17) is 0 Å². The Morgan fingerprint density at radius 1 is 1.00 bits per heavy atom. The van der Waals surface area contributed by atoms with Gasteiger partial charge in [0, 0.05) is 19.1 Å². The van der Waals surface area contributed by atoms with Gasteiger partial charge in [-0.2, -0.15) is 0 Å². The third kappa shape index (κ3) is 2.12. The van der Waals surface area contributed by atoms with Crippen LogP contribution in [0.2, 0.25) is 0 Å². The summed E-state index contributed by atoms with van der Waals surface area (Å²) < 4.78 is 0. The summed E-state index contributed by atoms with van der Waals surface area (Å²) in [6.07, 6.45) is 2.84. The van der Waals surface area contributed by atoms with Crippen molar-refractivity contribution < 1.29 is 0 Å². The number of fused-ring (bicyclic) bond motifs is 1. The predicted octanol–water partition coefficient (Wildman–Crippen LogP) is 1.67. The Kier molecular flexibility index (Phi) is 3.13. The van der Waals surface area contributed by atoms with E-state index in [1.54, 1.807) is 0 Å². The molecule has 0 aromatic rings. The summed E-state index contributed by atoms with van der Waals surface area (Å²) in [7, 11) is 2.27. The minimum atomic E-state index is 0.746. The van der Waals surface area contributed by atoms with E-state index in [2.05, 4.69) is 30.7 Å². The lowest BCUT2D eigenvalue weighted by molar-refractivity contribution is 0.0391. The topological polar surface area (TPSA) is 6.48 Å². The summed E-state index contributed by atoms with van der Waals surface area (Å²) in [5, 5.41) is 0. The number of piperidine rings is 2. The van der Waals surface area contributed by atoms with Crippen LogP contribution in [0.5, 0.6) is 0 Å². The molecule has 82 valence electrons. The molecule has 0 spiro atoms. The molecule has 2 heterocycles. The van der Waals surface area contributed by atoms with Crippen molar-refractivity contribution in [2.24, 2.45) is 11.8 Å². The number of hydrogen-bond acceptors (Lipinski definition) is 2. The highest BCUT2D eigenvalue weighted by Gasteiger charge is 2.33. The van der Waals surface area contributed by atoms with Crippen molar-refractivity contribution in [3.05, 3.63) is 0 Å². The minimum absolute atomic E-state index is 0.746. The van der Waals surface area contributed by atoms with Crippen molar-refractivity contribution in [2.75, 3.05) is 33.2 Å². The Morgan fingerprint density at radius 2 is 1.64 bits per heavy atom. The normalized spacial score (nSPS) is 36.0. The van der Waals surface area contributed by atoms with E-state index in [0.717, 1.165) is 17.9 Å². The molecule has 2 unspecified atom stereocenters. The molecule has 0 bridgehead atoms. The highest BCUT2D eigenvalue weighted by molar-refractivity contribution is 4.86. The van der Waals surface area contributed by atoms with E-state index in [0.29, 0.717) is 0 Å². The van der Waals surface area contributed by atoms with E-state index in [1.807, 2.05) is 0 Å². The fraction of sp³-hybridized carbons (Fsp3) is 1.00. The van der Waals surface area contributed by atoms with Crippen LogP contribution in [0.3, 0.4) is 0 Å². The monoisotopic (exact) mass is 196 g/mol. The molecule has 0 saturated carbocycles. The highest BCUT2D eigenvalue weighted by Crippen LogP contribution is 2.31. The van der Waals surface area contributed by atoms with Crippen molar-refractivity contribution >= 4 is 0 Å². The predicted molar refractivity (Wildman–Crippen MR) is 60.4 cm³/mol. The van der Waals surface area contributed by atoms with Gasteiger partial charge < -0.3 is 9.80 Å². The molecule has 2 rings (SSSR count). The first-order chi connectivity index (χ1) is 6.66. The van der Waals surface area contributed by atoms with Gasteiger partial charge in [-0.1, -0.05) is 0 Å². The summed E-state index contributed by atoms with van der Waals surface area (Å²) in [4.78, 5) is 5.17. The van der Waals surface area contributed by atoms with Crippen LogP contribution in [0.4, 0.5) is 0 Å². The summed E-state index contributed by atoms with van der Waals surface area (Å²) in [6.45, 7) is 10.00. The van der Waals surface area contributed by atoms with Gasteiger partial charge in [0.2, 0.25) is 0 Å². The third-order valence-electron chi connectivity index (χ3n) is 4.08. The van der Waals surface area contributed by atoms with E-state index in [-0.39, 0.29) is 0 Å². The molecular weight excluding hydrogens is 172 g/mol. The van der Waals surface area contributed by atoms with Crippen molar-refractivity contribution in [1.82, 2.24) is 9.80 Å². The van der Waals surface area contributed by atoms with Crippen molar-refractivity contribution in [3.8, 4) is 0 Å². The molecule has 2 aliphatic heterocycles. The van der Waals surface area contributed by atoms with Crippen molar-refractivity contribution in [3.63, 3.8) is 0 Å².